The van der Waals surface area contributed by atoms with Crippen LogP contribution in [0.25, 0.3) is 10.9 Å². The lowest BCUT2D eigenvalue weighted by Gasteiger charge is -2.27. The van der Waals surface area contributed by atoms with Gasteiger partial charge >= 0.3 is 12.1 Å². The fraction of sp³-hybridized carbons (Fsp3) is 0.529. The molecule has 11 nitrogen and oxygen atoms in total. The van der Waals surface area contributed by atoms with E-state index in [1.165, 1.54) is 21.1 Å². The molecule has 0 unspecified atom stereocenters. The number of hydrogen-bond donors (Lipinski definition) is 2. The van der Waals surface area contributed by atoms with Crippen LogP contribution in [-0.2, 0) is 32.3 Å². The first-order valence-electron chi connectivity index (χ1n) is 15.9. The number of rotatable bonds is 14. The van der Waals surface area contributed by atoms with E-state index in [1.54, 1.807) is 24.3 Å². The van der Waals surface area contributed by atoms with Crippen LogP contribution in [0.4, 0.5) is 13.2 Å². The molecule has 1 amide bonds. The minimum atomic E-state index is -4.94. The standard InChI is InChI=1S/C34H41F3N4O7/c1-18(2)13-21(15-27(43)25-16-22-23(38-25)10-8-12-29(22)47-5)32(45)39-24(14-20-9-6-7-11-26(20)42)28(44)17-48-33(46)30-19(3)41(4)40-31(30)34(35,36)37/h8,10,12,16,18,20-21,24,38H,6-7,9,11,13-15,17H2,1-5H3,(H,39,45)/t20-,21+,24-/m0/s1. The Morgan fingerprint density at radius 1 is 1.17 bits per heavy atom. The van der Waals surface area contributed by atoms with Crippen molar-refractivity contribution >= 4 is 40.1 Å². The van der Waals surface area contributed by atoms with Crippen LogP contribution >= 0.6 is 0 Å². The number of Topliss-reactive ketones (excluding diaryl/α,β-unsaturated/α-hetero) is 3. The molecule has 260 valence electrons. The number of ether oxygens (including phenoxy) is 2. The van der Waals surface area contributed by atoms with Crippen LogP contribution in [0.5, 0.6) is 5.75 Å². The van der Waals surface area contributed by atoms with Gasteiger partial charge in [-0.1, -0.05) is 26.3 Å². The molecule has 48 heavy (non-hydrogen) atoms. The summed E-state index contributed by atoms with van der Waals surface area (Å²) in [6.45, 7) is 4.09. The first-order chi connectivity index (χ1) is 22.6. The summed E-state index contributed by atoms with van der Waals surface area (Å²) in [5.41, 5.74) is -1.39. The molecule has 0 saturated heterocycles. The van der Waals surface area contributed by atoms with Gasteiger partial charge in [0.05, 0.1) is 24.5 Å². The van der Waals surface area contributed by atoms with Gasteiger partial charge in [0.1, 0.15) is 17.1 Å². The predicted molar refractivity (Wildman–Crippen MR) is 168 cm³/mol. The number of nitrogens with one attached hydrogen (secondary N) is 2. The van der Waals surface area contributed by atoms with E-state index in [9.17, 15) is 37.1 Å². The number of nitrogens with zero attached hydrogens (tertiary/aromatic N) is 2. The second-order valence-electron chi connectivity index (χ2n) is 12.7. The number of carbonyl (C=O) groups is 5. The number of ketones is 3. The number of methoxy groups -OCH3 is 1. The molecule has 2 heterocycles. The first-order valence-corrected chi connectivity index (χ1v) is 15.9. The number of hydrogen-bond acceptors (Lipinski definition) is 8. The summed E-state index contributed by atoms with van der Waals surface area (Å²) < 4.78 is 52.0. The van der Waals surface area contributed by atoms with Crippen LogP contribution in [0.2, 0.25) is 0 Å². The number of aromatic amines is 1. The van der Waals surface area contributed by atoms with E-state index in [0.717, 1.165) is 11.1 Å². The summed E-state index contributed by atoms with van der Waals surface area (Å²) in [7, 11) is 2.76. The zero-order valence-electron chi connectivity index (χ0n) is 27.7. The van der Waals surface area contributed by atoms with Crippen LogP contribution in [0.15, 0.2) is 24.3 Å². The molecule has 1 aliphatic carbocycles. The Bertz CT molecular complexity index is 1690. The van der Waals surface area contributed by atoms with Gasteiger partial charge in [-0.15, -0.1) is 0 Å². The quantitative estimate of drug-likeness (QED) is 0.167. The number of alkyl halides is 3. The fourth-order valence-corrected chi connectivity index (χ4v) is 6.15. The zero-order chi connectivity index (χ0) is 35.3. The number of fused-ring (bicyclic) bond motifs is 1. The molecule has 3 aromatic rings. The van der Waals surface area contributed by atoms with Crippen molar-refractivity contribution < 1.29 is 46.6 Å². The highest BCUT2D eigenvalue weighted by molar-refractivity contribution is 6.03. The Kier molecular flexibility index (Phi) is 11.5. The number of aryl methyl sites for hydroxylation is 1. The van der Waals surface area contributed by atoms with Gasteiger partial charge in [0.15, 0.2) is 23.9 Å². The van der Waals surface area contributed by atoms with Gasteiger partial charge in [-0.2, -0.15) is 18.3 Å². The number of carbonyl (C=O) groups excluding carboxylic acids is 5. The van der Waals surface area contributed by atoms with Crippen molar-refractivity contribution in [3.63, 3.8) is 0 Å². The van der Waals surface area contributed by atoms with Crippen LogP contribution in [0.3, 0.4) is 0 Å². The molecule has 1 fully saturated rings. The summed E-state index contributed by atoms with van der Waals surface area (Å²) in [5.74, 6) is -3.98. The van der Waals surface area contributed by atoms with Crippen molar-refractivity contribution in [2.45, 2.75) is 77.9 Å². The first kappa shape index (κ1) is 36.3. The third-order valence-electron chi connectivity index (χ3n) is 8.76. The van der Waals surface area contributed by atoms with Crippen LogP contribution in [-0.4, -0.2) is 63.7 Å². The van der Waals surface area contributed by atoms with Gasteiger partial charge in [0.2, 0.25) is 5.91 Å². The molecule has 2 N–H and O–H groups in total. The van der Waals surface area contributed by atoms with E-state index < -0.39 is 59.6 Å². The Morgan fingerprint density at radius 3 is 2.54 bits per heavy atom. The molecule has 0 aliphatic heterocycles. The number of aromatic nitrogens is 3. The van der Waals surface area contributed by atoms with E-state index in [4.69, 9.17) is 9.47 Å². The smallest absolute Gasteiger partial charge is 0.436 e. The van der Waals surface area contributed by atoms with E-state index in [-0.39, 0.29) is 41.7 Å². The molecule has 0 spiro atoms. The van der Waals surface area contributed by atoms with E-state index >= 15 is 0 Å². The Balaban J connectivity index is 1.53. The van der Waals surface area contributed by atoms with E-state index in [1.807, 2.05) is 13.8 Å². The molecule has 1 aromatic carbocycles. The van der Waals surface area contributed by atoms with Gasteiger partial charge in [-0.3, -0.25) is 23.9 Å². The normalized spacial score (nSPS) is 16.5. The Hall–Kier alpha value is -4.49. The number of halogens is 3. The largest absolute Gasteiger partial charge is 0.496 e. The lowest BCUT2D eigenvalue weighted by Crippen LogP contribution is -2.47. The third kappa shape index (κ3) is 8.50. The van der Waals surface area contributed by atoms with Crippen LogP contribution in [0, 0.1) is 24.7 Å². The zero-order valence-corrected chi connectivity index (χ0v) is 27.7. The summed E-state index contributed by atoms with van der Waals surface area (Å²) in [4.78, 5) is 69.2. The SMILES string of the molecule is COc1cccc2[nH]c(C(=O)C[C@@H](CC(C)C)C(=O)N[C@@H](C[C@@H]3CCCCC3=O)C(=O)COC(=O)c3c(C(F)(F)F)nn(C)c3C)cc12. The Morgan fingerprint density at radius 2 is 1.90 bits per heavy atom. The molecule has 14 heteroatoms. The molecular weight excluding hydrogens is 633 g/mol. The summed E-state index contributed by atoms with van der Waals surface area (Å²) in [6.07, 6.45) is -2.59. The second-order valence-corrected chi connectivity index (χ2v) is 12.7. The number of esters is 1. The molecule has 2 aromatic heterocycles. The summed E-state index contributed by atoms with van der Waals surface area (Å²) in [5, 5.41) is 6.77. The summed E-state index contributed by atoms with van der Waals surface area (Å²) >= 11 is 0. The molecule has 0 radical (unpaired) electrons. The molecular formula is C34H41F3N4O7. The van der Waals surface area contributed by atoms with Gasteiger partial charge in [0.25, 0.3) is 0 Å². The third-order valence-corrected chi connectivity index (χ3v) is 8.76. The maximum absolute atomic E-state index is 13.7. The van der Waals surface area contributed by atoms with Crippen molar-refractivity contribution in [1.29, 1.82) is 0 Å². The topological polar surface area (TPSA) is 149 Å². The molecule has 0 bridgehead atoms. The lowest BCUT2D eigenvalue weighted by atomic mass is 9.82. The second kappa shape index (κ2) is 15.2. The maximum Gasteiger partial charge on any atom is 0.436 e. The molecule has 1 aliphatic rings. The molecule has 1 saturated carbocycles. The monoisotopic (exact) mass is 674 g/mol. The van der Waals surface area contributed by atoms with Gasteiger partial charge in [-0.25, -0.2) is 4.79 Å². The number of benzene rings is 1. The predicted octanol–water partition coefficient (Wildman–Crippen LogP) is 5.53. The minimum Gasteiger partial charge on any atom is -0.496 e. The number of H-pyrrole nitrogens is 1. The van der Waals surface area contributed by atoms with E-state index in [0.29, 0.717) is 42.3 Å². The van der Waals surface area contributed by atoms with Crippen molar-refractivity contribution in [2.24, 2.45) is 24.8 Å². The van der Waals surface area contributed by atoms with Crippen molar-refractivity contribution in [1.82, 2.24) is 20.1 Å². The highest BCUT2D eigenvalue weighted by Gasteiger charge is 2.41. The fourth-order valence-electron chi connectivity index (χ4n) is 6.15. The summed E-state index contributed by atoms with van der Waals surface area (Å²) in [6, 6.07) is 5.71. The minimum absolute atomic E-state index is 0.00284. The van der Waals surface area contributed by atoms with E-state index in [2.05, 4.69) is 15.4 Å². The number of amides is 1. The molecule has 3 atom stereocenters. The Labute approximate surface area is 275 Å². The van der Waals surface area contributed by atoms with Crippen LogP contribution < -0.4 is 10.1 Å². The average Bonchev–Trinajstić information content (AvgIpc) is 3.60. The highest BCUT2D eigenvalue weighted by atomic mass is 19.4. The van der Waals surface area contributed by atoms with Crippen molar-refractivity contribution in [3.05, 3.63) is 46.9 Å². The van der Waals surface area contributed by atoms with Crippen LogP contribution in [0.1, 0.15) is 91.0 Å². The van der Waals surface area contributed by atoms with Crippen molar-refractivity contribution in [2.75, 3.05) is 13.7 Å². The maximum atomic E-state index is 13.7. The lowest BCUT2D eigenvalue weighted by molar-refractivity contribution is -0.142. The highest BCUT2D eigenvalue weighted by Crippen LogP contribution is 2.33. The molecule has 4 rings (SSSR count). The van der Waals surface area contributed by atoms with Gasteiger partial charge in [0, 0.05) is 42.6 Å². The van der Waals surface area contributed by atoms with Gasteiger partial charge in [-0.05, 0) is 56.7 Å². The average molecular weight is 675 g/mol. The van der Waals surface area contributed by atoms with Crippen molar-refractivity contribution in [3.8, 4) is 5.75 Å². The van der Waals surface area contributed by atoms with Gasteiger partial charge < -0.3 is 19.8 Å².